The monoisotopic (exact) mass is 209 g/mol. The molecule has 2 heterocycles. The molecule has 4 heteroatoms. The molecule has 0 aliphatic carbocycles. The van der Waals surface area contributed by atoms with E-state index in [1.807, 2.05) is 0 Å². The maximum atomic E-state index is 5.77. The molecule has 1 aromatic heterocycles. The molecule has 0 bridgehead atoms. The second kappa shape index (κ2) is 4.66. The van der Waals surface area contributed by atoms with E-state index in [1.54, 1.807) is 0 Å². The molecule has 84 valence electrons. The molecule has 1 aliphatic rings. The summed E-state index contributed by atoms with van der Waals surface area (Å²) in [6.07, 6.45) is 4.37. The van der Waals surface area contributed by atoms with Crippen LogP contribution in [-0.4, -0.2) is 23.4 Å². The van der Waals surface area contributed by atoms with Crippen molar-refractivity contribution >= 4 is 5.82 Å². The van der Waals surface area contributed by atoms with Crippen LogP contribution in [0.2, 0.25) is 0 Å². The summed E-state index contributed by atoms with van der Waals surface area (Å²) in [5.74, 6) is 1.38. The van der Waals surface area contributed by atoms with Crippen LogP contribution < -0.4 is 5.73 Å². The highest BCUT2D eigenvalue weighted by molar-refractivity contribution is 5.41. The molecule has 4 nitrogen and oxygen atoms in total. The zero-order chi connectivity index (χ0) is 10.7. The molecule has 15 heavy (non-hydrogen) atoms. The Morgan fingerprint density at radius 1 is 1.60 bits per heavy atom. The van der Waals surface area contributed by atoms with Gasteiger partial charge in [0, 0.05) is 24.5 Å². The predicted octanol–water partition coefficient (Wildman–Crippen LogP) is 1.52. The third-order valence-corrected chi connectivity index (χ3v) is 3.16. The molecule has 1 aliphatic heterocycles. The number of hydrogen-bond donors (Lipinski definition) is 2. The number of aryl methyl sites for hydroxylation is 1. The molecule has 1 fully saturated rings. The van der Waals surface area contributed by atoms with Gasteiger partial charge in [-0.2, -0.15) is 5.10 Å². The highest BCUT2D eigenvalue weighted by Crippen LogP contribution is 2.21. The van der Waals surface area contributed by atoms with Crippen molar-refractivity contribution in [1.29, 1.82) is 0 Å². The molecule has 0 amide bonds. The van der Waals surface area contributed by atoms with Crippen molar-refractivity contribution < 1.29 is 4.74 Å². The van der Waals surface area contributed by atoms with Gasteiger partial charge < -0.3 is 10.5 Å². The van der Waals surface area contributed by atoms with Gasteiger partial charge in [0.15, 0.2) is 0 Å². The van der Waals surface area contributed by atoms with Crippen molar-refractivity contribution in [3.63, 3.8) is 0 Å². The van der Waals surface area contributed by atoms with Crippen LogP contribution in [-0.2, 0) is 17.6 Å². The summed E-state index contributed by atoms with van der Waals surface area (Å²) in [6, 6.07) is 0. The fourth-order valence-electron chi connectivity index (χ4n) is 2.18. The van der Waals surface area contributed by atoms with Crippen LogP contribution in [0.5, 0.6) is 0 Å². The summed E-state index contributed by atoms with van der Waals surface area (Å²) in [7, 11) is 0. The normalized spacial score (nSPS) is 21.0. The van der Waals surface area contributed by atoms with Gasteiger partial charge >= 0.3 is 0 Å². The number of nitrogens with zero attached hydrogens (tertiary/aromatic N) is 1. The Morgan fingerprint density at radius 2 is 2.47 bits per heavy atom. The number of hydrogen-bond acceptors (Lipinski definition) is 3. The third-order valence-electron chi connectivity index (χ3n) is 3.16. The summed E-state index contributed by atoms with van der Waals surface area (Å²) in [4.78, 5) is 0. The van der Waals surface area contributed by atoms with Crippen LogP contribution in [0.4, 0.5) is 5.82 Å². The largest absolute Gasteiger partial charge is 0.382 e. The third kappa shape index (κ3) is 2.31. The van der Waals surface area contributed by atoms with Crippen molar-refractivity contribution in [1.82, 2.24) is 10.2 Å². The van der Waals surface area contributed by atoms with Crippen LogP contribution in [0.25, 0.3) is 0 Å². The van der Waals surface area contributed by atoms with Gasteiger partial charge in [-0.3, -0.25) is 5.10 Å². The average molecular weight is 209 g/mol. The Balaban J connectivity index is 1.92. The van der Waals surface area contributed by atoms with E-state index in [0.29, 0.717) is 5.82 Å². The van der Waals surface area contributed by atoms with Gasteiger partial charge in [-0.15, -0.1) is 0 Å². The van der Waals surface area contributed by atoms with Gasteiger partial charge in [-0.25, -0.2) is 0 Å². The molecule has 1 saturated heterocycles. The van der Waals surface area contributed by atoms with Crippen LogP contribution in [0.15, 0.2) is 0 Å². The van der Waals surface area contributed by atoms with Gasteiger partial charge in [-0.05, 0) is 31.6 Å². The van der Waals surface area contributed by atoms with Crippen LogP contribution in [0.3, 0.4) is 0 Å². The molecule has 0 saturated carbocycles. The van der Waals surface area contributed by atoms with Crippen molar-refractivity contribution in [3.8, 4) is 0 Å². The summed E-state index contributed by atoms with van der Waals surface area (Å²) in [5.41, 5.74) is 8.17. The van der Waals surface area contributed by atoms with E-state index in [2.05, 4.69) is 17.1 Å². The number of ether oxygens (including phenoxy) is 1. The second-order valence-corrected chi connectivity index (χ2v) is 4.19. The lowest BCUT2D eigenvalue weighted by atomic mass is 9.99. The maximum Gasteiger partial charge on any atom is 0.148 e. The first-order valence-electron chi connectivity index (χ1n) is 5.70. The van der Waals surface area contributed by atoms with Crippen molar-refractivity contribution in [3.05, 3.63) is 11.3 Å². The minimum absolute atomic E-state index is 0.662. The van der Waals surface area contributed by atoms with Gasteiger partial charge in [0.05, 0.1) is 0 Å². The molecule has 0 spiro atoms. The Hall–Kier alpha value is -1.03. The highest BCUT2D eigenvalue weighted by Gasteiger charge is 2.17. The lowest BCUT2D eigenvalue weighted by molar-refractivity contribution is 0.184. The molecule has 0 aromatic carbocycles. The number of aromatic amines is 1. The number of rotatable bonds is 4. The zero-order valence-corrected chi connectivity index (χ0v) is 9.25. The average Bonchev–Trinajstić information content (AvgIpc) is 2.84. The summed E-state index contributed by atoms with van der Waals surface area (Å²) < 4.78 is 5.36. The Morgan fingerprint density at radius 3 is 3.13 bits per heavy atom. The number of anilines is 1. The summed E-state index contributed by atoms with van der Waals surface area (Å²) in [5, 5.41) is 7.09. The minimum atomic E-state index is 0.662. The molecule has 1 unspecified atom stereocenters. The maximum absolute atomic E-state index is 5.77. The Kier molecular flexibility index (Phi) is 3.26. The fourth-order valence-corrected chi connectivity index (χ4v) is 2.18. The molecular weight excluding hydrogens is 190 g/mol. The predicted molar refractivity (Wildman–Crippen MR) is 59.6 cm³/mol. The van der Waals surface area contributed by atoms with Crippen molar-refractivity contribution in [2.45, 2.75) is 32.6 Å². The van der Waals surface area contributed by atoms with E-state index in [1.165, 1.54) is 24.1 Å². The molecule has 2 rings (SSSR count). The standard InChI is InChI=1S/C11H19N3O/c1-2-9-10(13-14-11(9)12)4-3-8-5-6-15-7-8/h8H,2-7H2,1H3,(H3,12,13,14). The van der Waals surface area contributed by atoms with E-state index >= 15 is 0 Å². The van der Waals surface area contributed by atoms with E-state index in [-0.39, 0.29) is 0 Å². The Bertz CT molecular complexity index is 316. The molecule has 0 radical (unpaired) electrons. The number of nitrogens with two attached hydrogens (primary N) is 1. The van der Waals surface area contributed by atoms with Crippen molar-refractivity contribution in [2.24, 2.45) is 5.92 Å². The van der Waals surface area contributed by atoms with Gasteiger partial charge in [0.25, 0.3) is 0 Å². The number of nitrogens with one attached hydrogen (secondary N) is 1. The lowest BCUT2D eigenvalue weighted by Gasteiger charge is -2.06. The summed E-state index contributed by atoms with van der Waals surface area (Å²) in [6.45, 7) is 3.96. The van der Waals surface area contributed by atoms with Crippen molar-refractivity contribution in [2.75, 3.05) is 18.9 Å². The summed E-state index contributed by atoms with van der Waals surface area (Å²) >= 11 is 0. The number of nitrogen functional groups attached to an aromatic ring is 1. The van der Waals surface area contributed by atoms with Crippen LogP contribution in [0, 0.1) is 5.92 Å². The highest BCUT2D eigenvalue weighted by atomic mass is 16.5. The van der Waals surface area contributed by atoms with Crippen LogP contribution >= 0.6 is 0 Å². The molecular formula is C11H19N3O. The lowest BCUT2D eigenvalue weighted by Crippen LogP contribution is -2.03. The molecule has 1 aromatic rings. The quantitative estimate of drug-likeness (QED) is 0.790. The molecule has 1 atom stereocenters. The van der Waals surface area contributed by atoms with E-state index < -0.39 is 0 Å². The first-order chi connectivity index (χ1) is 7.31. The fraction of sp³-hybridized carbons (Fsp3) is 0.727. The second-order valence-electron chi connectivity index (χ2n) is 4.19. The minimum Gasteiger partial charge on any atom is -0.382 e. The Labute approximate surface area is 90.2 Å². The van der Waals surface area contributed by atoms with E-state index in [9.17, 15) is 0 Å². The SMILES string of the molecule is CCc1c(N)n[nH]c1CCC1CCOC1. The topological polar surface area (TPSA) is 63.9 Å². The van der Waals surface area contributed by atoms with E-state index in [0.717, 1.165) is 32.0 Å². The van der Waals surface area contributed by atoms with Gasteiger partial charge in [0.2, 0.25) is 0 Å². The van der Waals surface area contributed by atoms with Gasteiger partial charge in [0.1, 0.15) is 5.82 Å². The number of H-pyrrole nitrogens is 1. The van der Waals surface area contributed by atoms with Gasteiger partial charge in [-0.1, -0.05) is 6.92 Å². The van der Waals surface area contributed by atoms with Crippen LogP contribution in [0.1, 0.15) is 31.0 Å². The van der Waals surface area contributed by atoms with E-state index in [4.69, 9.17) is 10.5 Å². The first-order valence-corrected chi connectivity index (χ1v) is 5.70. The molecule has 3 N–H and O–H groups in total. The zero-order valence-electron chi connectivity index (χ0n) is 9.25. The number of aromatic nitrogens is 2. The first kappa shape index (κ1) is 10.5. The smallest absolute Gasteiger partial charge is 0.148 e.